The lowest BCUT2D eigenvalue weighted by Crippen LogP contribution is -2.25. The molecule has 0 amide bonds. The second-order valence-corrected chi connectivity index (χ2v) is 5.19. The van der Waals surface area contributed by atoms with Gasteiger partial charge >= 0.3 is 0 Å². The third-order valence-electron chi connectivity index (χ3n) is 4.08. The molecule has 3 N–H and O–H groups in total. The zero-order valence-corrected chi connectivity index (χ0v) is 10.4. The molecule has 0 aliphatic heterocycles. The van der Waals surface area contributed by atoms with Gasteiger partial charge in [0.1, 0.15) is 5.78 Å². The van der Waals surface area contributed by atoms with Gasteiger partial charge in [-0.05, 0) is 30.4 Å². The molecule has 1 heterocycles. The number of benzene rings is 1. The third-order valence-corrected chi connectivity index (χ3v) is 4.08. The molecule has 1 aliphatic carbocycles. The van der Waals surface area contributed by atoms with E-state index in [9.17, 15) is 4.79 Å². The van der Waals surface area contributed by atoms with E-state index < -0.39 is 0 Å². The Bertz CT molecular complexity index is 563. The predicted octanol–water partition coefficient (Wildman–Crippen LogP) is 2.93. The van der Waals surface area contributed by atoms with E-state index in [0.717, 1.165) is 18.4 Å². The van der Waals surface area contributed by atoms with Crippen molar-refractivity contribution < 1.29 is 4.79 Å². The zero-order chi connectivity index (χ0) is 12.5. The molecule has 2 aromatic rings. The molecule has 1 aromatic heterocycles. The minimum atomic E-state index is 0.0363. The third kappa shape index (κ3) is 1.95. The topological polar surface area (TPSA) is 58.9 Å². The number of hydrogen-bond donors (Lipinski definition) is 2. The number of carbonyl (C=O) groups is 1. The number of rotatable bonds is 2. The highest BCUT2D eigenvalue weighted by Crippen LogP contribution is 2.34. The number of H-pyrrole nitrogens is 1. The van der Waals surface area contributed by atoms with E-state index in [1.807, 2.05) is 18.3 Å². The van der Waals surface area contributed by atoms with Gasteiger partial charge in [0.05, 0.1) is 0 Å². The quantitative estimate of drug-likeness (QED) is 0.850. The van der Waals surface area contributed by atoms with Gasteiger partial charge in [-0.1, -0.05) is 18.2 Å². The van der Waals surface area contributed by atoms with Gasteiger partial charge in [0.15, 0.2) is 0 Å². The Labute approximate surface area is 106 Å². The predicted molar refractivity (Wildman–Crippen MR) is 72.2 cm³/mol. The fourth-order valence-electron chi connectivity index (χ4n) is 2.94. The Morgan fingerprint density at radius 2 is 1.94 bits per heavy atom. The van der Waals surface area contributed by atoms with Gasteiger partial charge < -0.3 is 10.7 Å². The summed E-state index contributed by atoms with van der Waals surface area (Å²) in [6.07, 6.45) is 5.27. The number of aromatic nitrogens is 1. The molecule has 1 saturated carbocycles. The summed E-state index contributed by atoms with van der Waals surface area (Å²) in [5, 5.41) is 1.21. The second kappa shape index (κ2) is 4.58. The summed E-state index contributed by atoms with van der Waals surface area (Å²) < 4.78 is 0. The molecule has 1 aromatic carbocycles. The van der Waals surface area contributed by atoms with Crippen LogP contribution >= 0.6 is 0 Å². The maximum absolute atomic E-state index is 11.3. The Morgan fingerprint density at radius 1 is 1.22 bits per heavy atom. The smallest absolute Gasteiger partial charge is 0.132 e. The first-order valence-electron chi connectivity index (χ1n) is 6.59. The number of ketones is 1. The molecule has 1 aliphatic rings. The number of hydrogen-bond acceptors (Lipinski definition) is 2. The van der Waals surface area contributed by atoms with Crippen LogP contribution in [-0.4, -0.2) is 10.8 Å². The van der Waals surface area contributed by atoms with Crippen molar-refractivity contribution in [3.63, 3.8) is 0 Å². The zero-order valence-electron chi connectivity index (χ0n) is 10.4. The van der Waals surface area contributed by atoms with Crippen molar-refractivity contribution in [3.8, 4) is 0 Å². The van der Waals surface area contributed by atoms with E-state index in [-0.39, 0.29) is 6.04 Å². The van der Waals surface area contributed by atoms with Crippen molar-refractivity contribution in [2.45, 2.75) is 31.7 Å². The van der Waals surface area contributed by atoms with Crippen LogP contribution in [0.25, 0.3) is 10.9 Å². The Hall–Kier alpha value is -1.61. The maximum atomic E-state index is 11.3. The lowest BCUT2D eigenvalue weighted by molar-refractivity contribution is -0.121. The average molecular weight is 242 g/mol. The molecule has 0 saturated heterocycles. The SMILES string of the molecule is NC(c1c[nH]c2ccccc12)C1CCC(=O)CC1. The Morgan fingerprint density at radius 3 is 2.72 bits per heavy atom. The first kappa shape index (κ1) is 11.5. The van der Waals surface area contributed by atoms with Gasteiger partial charge in [0.25, 0.3) is 0 Å². The summed E-state index contributed by atoms with van der Waals surface area (Å²) in [6.45, 7) is 0. The van der Waals surface area contributed by atoms with Gasteiger partial charge in [-0.15, -0.1) is 0 Å². The lowest BCUT2D eigenvalue weighted by Gasteiger charge is -2.26. The van der Waals surface area contributed by atoms with Crippen LogP contribution < -0.4 is 5.73 Å². The number of nitrogens with two attached hydrogens (primary N) is 1. The van der Waals surface area contributed by atoms with E-state index in [1.165, 1.54) is 10.9 Å². The minimum Gasteiger partial charge on any atom is -0.361 e. The summed E-state index contributed by atoms with van der Waals surface area (Å²) >= 11 is 0. The van der Waals surface area contributed by atoms with Gasteiger partial charge in [0.2, 0.25) is 0 Å². The van der Waals surface area contributed by atoms with Crippen molar-refractivity contribution in [2.24, 2.45) is 11.7 Å². The molecule has 3 rings (SSSR count). The molecule has 0 bridgehead atoms. The van der Waals surface area contributed by atoms with Crippen LogP contribution in [0.2, 0.25) is 0 Å². The molecule has 1 fully saturated rings. The molecule has 1 atom stereocenters. The van der Waals surface area contributed by atoms with Crippen LogP contribution in [0, 0.1) is 5.92 Å². The van der Waals surface area contributed by atoms with Crippen LogP contribution in [0.3, 0.4) is 0 Å². The maximum Gasteiger partial charge on any atom is 0.132 e. The largest absolute Gasteiger partial charge is 0.361 e. The molecule has 1 unspecified atom stereocenters. The van der Waals surface area contributed by atoms with Crippen molar-refractivity contribution in [3.05, 3.63) is 36.0 Å². The minimum absolute atomic E-state index is 0.0363. The lowest BCUT2D eigenvalue weighted by atomic mass is 9.81. The van der Waals surface area contributed by atoms with E-state index in [0.29, 0.717) is 24.5 Å². The van der Waals surface area contributed by atoms with E-state index in [1.54, 1.807) is 0 Å². The summed E-state index contributed by atoms with van der Waals surface area (Å²) in [7, 11) is 0. The summed E-state index contributed by atoms with van der Waals surface area (Å²) in [6, 6.07) is 8.27. The number of nitrogens with one attached hydrogen (secondary N) is 1. The van der Waals surface area contributed by atoms with Gasteiger partial charge in [-0.25, -0.2) is 0 Å². The fourth-order valence-corrected chi connectivity index (χ4v) is 2.94. The standard InChI is InChI=1S/C15H18N2O/c16-15(10-5-7-11(18)8-6-10)13-9-17-14-4-2-1-3-12(13)14/h1-4,9-10,15,17H,5-8,16H2. The monoisotopic (exact) mass is 242 g/mol. The number of Topliss-reactive ketones (excluding diaryl/α,β-unsaturated/α-hetero) is 1. The highest BCUT2D eigenvalue weighted by molar-refractivity contribution is 5.83. The van der Waals surface area contributed by atoms with E-state index in [4.69, 9.17) is 5.73 Å². The molecule has 0 radical (unpaired) electrons. The summed E-state index contributed by atoms with van der Waals surface area (Å²) in [5.74, 6) is 0.819. The molecular formula is C15H18N2O. The summed E-state index contributed by atoms with van der Waals surface area (Å²) in [5.41, 5.74) is 8.71. The average Bonchev–Trinajstić information content (AvgIpc) is 2.82. The number of aromatic amines is 1. The molecule has 18 heavy (non-hydrogen) atoms. The van der Waals surface area contributed by atoms with Gasteiger partial charge in [-0.3, -0.25) is 4.79 Å². The Kier molecular flexibility index (Phi) is 2.92. The first-order valence-corrected chi connectivity index (χ1v) is 6.59. The van der Waals surface area contributed by atoms with E-state index in [2.05, 4.69) is 17.1 Å². The van der Waals surface area contributed by atoms with E-state index >= 15 is 0 Å². The fraction of sp³-hybridized carbons (Fsp3) is 0.400. The Balaban J connectivity index is 1.87. The molecule has 3 heteroatoms. The highest BCUT2D eigenvalue weighted by atomic mass is 16.1. The number of carbonyl (C=O) groups excluding carboxylic acids is 1. The van der Waals surface area contributed by atoms with Crippen molar-refractivity contribution >= 4 is 16.7 Å². The highest BCUT2D eigenvalue weighted by Gasteiger charge is 2.26. The van der Waals surface area contributed by atoms with Gasteiger partial charge in [-0.2, -0.15) is 0 Å². The molecular weight excluding hydrogens is 224 g/mol. The summed E-state index contributed by atoms with van der Waals surface area (Å²) in [4.78, 5) is 14.6. The van der Waals surface area contributed by atoms with Gasteiger partial charge in [0, 0.05) is 36.0 Å². The normalized spacial score (nSPS) is 19.3. The molecule has 3 nitrogen and oxygen atoms in total. The first-order chi connectivity index (χ1) is 8.75. The number of fused-ring (bicyclic) bond motifs is 1. The van der Waals surface area contributed by atoms with Crippen LogP contribution in [-0.2, 0) is 4.79 Å². The van der Waals surface area contributed by atoms with Crippen molar-refractivity contribution in [1.29, 1.82) is 0 Å². The second-order valence-electron chi connectivity index (χ2n) is 5.19. The molecule has 0 spiro atoms. The van der Waals surface area contributed by atoms with Crippen LogP contribution in [0.15, 0.2) is 30.5 Å². The van der Waals surface area contributed by atoms with Crippen LogP contribution in [0.4, 0.5) is 0 Å². The molecule has 94 valence electrons. The van der Waals surface area contributed by atoms with Crippen molar-refractivity contribution in [2.75, 3.05) is 0 Å². The van der Waals surface area contributed by atoms with Crippen molar-refractivity contribution in [1.82, 2.24) is 4.98 Å². The van der Waals surface area contributed by atoms with Crippen LogP contribution in [0.1, 0.15) is 37.3 Å². The number of para-hydroxylation sites is 1. The van der Waals surface area contributed by atoms with Crippen LogP contribution in [0.5, 0.6) is 0 Å².